The number of thioether (sulfide) groups is 1. The highest BCUT2D eigenvalue weighted by Gasteiger charge is 2.25. The fourth-order valence-electron chi connectivity index (χ4n) is 3.94. The van der Waals surface area contributed by atoms with Gasteiger partial charge in [0.2, 0.25) is 5.91 Å². The molecule has 4 rings (SSSR count). The number of ether oxygens (including phenoxy) is 1. The molecule has 28 heavy (non-hydrogen) atoms. The molecule has 1 fully saturated rings. The van der Waals surface area contributed by atoms with Gasteiger partial charge in [0.25, 0.3) is 5.56 Å². The van der Waals surface area contributed by atoms with E-state index in [4.69, 9.17) is 9.72 Å². The predicted molar refractivity (Wildman–Crippen MR) is 113 cm³/mol. The summed E-state index contributed by atoms with van der Waals surface area (Å²) in [7, 11) is 0. The number of hydrogen-bond acceptors (Lipinski definition) is 6. The number of nitrogens with zero attached hydrogens (tertiary/aromatic N) is 2. The summed E-state index contributed by atoms with van der Waals surface area (Å²) >= 11 is 3.03. The number of aromatic nitrogens is 2. The van der Waals surface area contributed by atoms with E-state index in [1.165, 1.54) is 22.2 Å². The molecule has 0 radical (unpaired) electrons. The van der Waals surface area contributed by atoms with Gasteiger partial charge in [0, 0.05) is 24.6 Å². The third-order valence-electron chi connectivity index (χ3n) is 5.42. The first-order valence-corrected chi connectivity index (χ1v) is 11.9. The number of carbonyl (C=O) groups is 1. The van der Waals surface area contributed by atoms with E-state index in [0.717, 1.165) is 55.3 Å². The number of nitrogens with one attached hydrogen (secondary N) is 1. The van der Waals surface area contributed by atoms with Gasteiger partial charge < -0.3 is 10.1 Å². The van der Waals surface area contributed by atoms with Crippen LogP contribution < -0.4 is 10.9 Å². The molecule has 3 heterocycles. The summed E-state index contributed by atoms with van der Waals surface area (Å²) in [6, 6.07) is 0. The maximum Gasteiger partial charge on any atom is 0.263 e. The van der Waals surface area contributed by atoms with Gasteiger partial charge in [-0.2, -0.15) is 0 Å². The summed E-state index contributed by atoms with van der Waals surface area (Å²) in [5.74, 6) is -0.0356. The number of fused-ring (bicyclic) bond motifs is 3. The fraction of sp³-hybridized carbons (Fsp3) is 0.650. The fourth-order valence-corrected chi connectivity index (χ4v) is 6.21. The van der Waals surface area contributed by atoms with E-state index in [9.17, 15) is 9.59 Å². The molecule has 0 bridgehead atoms. The predicted octanol–water partition coefficient (Wildman–Crippen LogP) is 3.13. The third kappa shape index (κ3) is 3.86. The van der Waals surface area contributed by atoms with Gasteiger partial charge in [0.1, 0.15) is 4.83 Å². The number of aryl methyl sites for hydroxylation is 2. The maximum absolute atomic E-state index is 13.2. The number of amides is 1. The van der Waals surface area contributed by atoms with Crippen molar-refractivity contribution in [1.82, 2.24) is 14.9 Å². The maximum atomic E-state index is 13.2. The first-order valence-electron chi connectivity index (χ1n) is 10.2. The smallest absolute Gasteiger partial charge is 0.263 e. The van der Waals surface area contributed by atoms with Crippen molar-refractivity contribution in [3.63, 3.8) is 0 Å². The summed E-state index contributed by atoms with van der Waals surface area (Å²) in [5.41, 5.74) is 1.27. The van der Waals surface area contributed by atoms with Crippen LogP contribution in [0.2, 0.25) is 0 Å². The van der Waals surface area contributed by atoms with E-state index in [-0.39, 0.29) is 22.8 Å². The standard InChI is InChI=1S/C20H27N3O3S2/c1-3-9-23-19(25)16-14-7-4-8-15(14)28-18(16)22-20(23)27-12(2)17(24)21-11-13-6-5-10-26-13/h12-13H,3-11H2,1-2H3,(H,21,24)/t12-,13+/m1/s1. The van der Waals surface area contributed by atoms with E-state index in [2.05, 4.69) is 12.2 Å². The van der Waals surface area contributed by atoms with E-state index in [0.29, 0.717) is 18.2 Å². The van der Waals surface area contributed by atoms with Crippen LogP contribution in [0.4, 0.5) is 0 Å². The molecule has 1 N–H and O–H groups in total. The average molecular weight is 422 g/mol. The summed E-state index contributed by atoms with van der Waals surface area (Å²) in [6.45, 7) is 5.88. The Morgan fingerprint density at radius 1 is 1.43 bits per heavy atom. The van der Waals surface area contributed by atoms with E-state index in [1.54, 1.807) is 15.9 Å². The minimum Gasteiger partial charge on any atom is -0.376 e. The lowest BCUT2D eigenvalue weighted by molar-refractivity contribution is -0.120. The lowest BCUT2D eigenvalue weighted by Crippen LogP contribution is -2.37. The Bertz CT molecular complexity index is 931. The summed E-state index contributed by atoms with van der Waals surface area (Å²) in [4.78, 5) is 32.7. The van der Waals surface area contributed by atoms with Crippen LogP contribution in [0, 0.1) is 0 Å². The number of rotatable bonds is 7. The van der Waals surface area contributed by atoms with E-state index in [1.807, 2.05) is 6.92 Å². The zero-order chi connectivity index (χ0) is 19.7. The normalized spacial score (nSPS) is 19.9. The van der Waals surface area contributed by atoms with Gasteiger partial charge in [-0.25, -0.2) is 4.98 Å². The molecule has 6 nitrogen and oxygen atoms in total. The second-order valence-corrected chi connectivity index (χ2v) is 9.92. The lowest BCUT2D eigenvalue weighted by Gasteiger charge is -2.16. The third-order valence-corrected chi connectivity index (χ3v) is 7.69. The molecular formula is C20H27N3O3S2. The van der Waals surface area contributed by atoms with E-state index >= 15 is 0 Å². The van der Waals surface area contributed by atoms with Gasteiger partial charge in [-0.05, 0) is 51.0 Å². The van der Waals surface area contributed by atoms with Crippen LogP contribution in [0.15, 0.2) is 9.95 Å². The van der Waals surface area contributed by atoms with Crippen molar-refractivity contribution in [1.29, 1.82) is 0 Å². The number of hydrogen-bond donors (Lipinski definition) is 1. The Morgan fingerprint density at radius 2 is 2.29 bits per heavy atom. The zero-order valence-electron chi connectivity index (χ0n) is 16.5. The molecule has 2 atom stereocenters. The highest BCUT2D eigenvalue weighted by Crippen LogP contribution is 2.36. The second-order valence-electron chi connectivity index (χ2n) is 7.53. The van der Waals surface area contributed by atoms with Gasteiger partial charge >= 0.3 is 0 Å². The summed E-state index contributed by atoms with van der Waals surface area (Å²) in [5, 5.41) is 4.13. The molecule has 0 aromatic carbocycles. The van der Waals surface area contributed by atoms with Crippen molar-refractivity contribution in [2.45, 2.75) is 75.4 Å². The van der Waals surface area contributed by atoms with Crippen molar-refractivity contribution < 1.29 is 9.53 Å². The SMILES string of the molecule is CCCn1c(S[C@H](C)C(=O)NC[C@@H]2CCCO2)nc2sc3c(c2c1=O)CCC3. The molecule has 2 aliphatic rings. The zero-order valence-corrected chi connectivity index (χ0v) is 18.1. The van der Waals surface area contributed by atoms with Crippen molar-refractivity contribution >= 4 is 39.2 Å². The second kappa shape index (κ2) is 8.55. The van der Waals surface area contributed by atoms with Crippen LogP contribution >= 0.6 is 23.1 Å². The molecule has 2 aromatic rings. The average Bonchev–Trinajstić information content (AvgIpc) is 3.39. The molecular weight excluding hydrogens is 394 g/mol. The van der Waals surface area contributed by atoms with Gasteiger partial charge in [-0.15, -0.1) is 11.3 Å². The Labute approximate surface area is 173 Å². The van der Waals surface area contributed by atoms with Crippen LogP contribution in [0.25, 0.3) is 10.2 Å². The molecule has 8 heteroatoms. The Kier molecular flexibility index (Phi) is 6.08. The lowest BCUT2D eigenvalue weighted by atomic mass is 10.2. The van der Waals surface area contributed by atoms with Gasteiger partial charge in [-0.1, -0.05) is 18.7 Å². The Balaban J connectivity index is 1.56. The minimum atomic E-state index is -0.319. The topological polar surface area (TPSA) is 73.2 Å². The van der Waals surface area contributed by atoms with Crippen LogP contribution in [0.3, 0.4) is 0 Å². The molecule has 1 aliphatic carbocycles. The van der Waals surface area contributed by atoms with Crippen LogP contribution in [0.1, 0.15) is 50.0 Å². The van der Waals surface area contributed by atoms with Crippen molar-refractivity contribution in [2.24, 2.45) is 0 Å². The van der Waals surface area contributed by atoms with Gasteiger partial charge in [0.05, 0.1) is 16.7 Å². The van der Waals surface area contributed by atoms with Crippen molar-refractivity contribution in [3.05, 3.63) is 20.8 Å². The largest absolute Gasteiger partial charge is 0.376 e. The molecule has 0 saturated carbocycles. The first-order chi connectivity index (χ1) is 13.6. The van der Waals surface area contributed by atoms with Crippen LogP contribution in [-0.4, -0.2) is 40.0 Å². The molecule has 1 saturated heterocycles. The first kappa shape index (κ1) is 19.9. The summed E-state index contributed by atoms with van der Waals surface area (Å²) in [6.07, 6.45) is 6.19. The molecule has 0 unspecified atom stereocenters. The highest BCUT2D eigenvalue weighted by atomic mass is 32.2. The monoisotopic (exact) mass is 421 g/mol. The van der Waals surface area contributed by atoms with Crippen LogP contribution in [0.5, 0.6) is 0 Å². The minimum absolute atomic E-state index is 0.0356. The molecule has 152 valence electrons. The quantitative estimate of drug-likeness (QED) is 0.549. The molecule has 2 aromatic heterocycles. The number of thiophene rings is 1. The number of carbonyl (C=O) groups excluding carboxylic acids is 1. The molecule has 1 aliphatic heterocycles. The Hall–Kier alpha value is -1.38. The van der Waals surface area contributed by atoms with Gasteiger partial charge in [-0.3, -0.25) is 14.2 Å². The van der Waals surface area contributed by atoms with Crippen molar-refractivity contribution in [2.75, 3.05) is 13.2 Å². The van der Waals surface area contributed by atoms with E-state index < -0.39 is 0 Å². The molecule has 1 amide bonds. The van der Waals surface area contributed by atoms with Crippen LogP contribution in [-0.2, 0) is 28.9 Å². The van der Waals surface area contributed by atoms with Gasteiger partial charge in [0.15, 0.2) is 5.16 Å². The highest BCUT2D eigenvalue weighted by molar-refractivity contribution is 8.00. The summed E-state index contributed by atoms with van der Waals surface area (Å²) < 4.78 is 7.33. The Morgan fingerprint density at radius 3 is 3.04 bits per heavy atom. The van der Waals surface area contributed by atoms with Crippen molar-refractivity contribution in [3.8, 4) is 0 Å². The molecule has 0 spiro atoms.